The van der Waals surface area contributed by atoms with Gasteiger partial charge < -0.3 is 9.64 Å². The van der Waals surface area contributed by atoms with E-state index in [1.54, 1.807) is 24.1 Å². The first-order valence-corrected chi connectivity index (χ1v) is 14.5. The predicted molar refractivity (Wildman–Crippen MR) is 154 cm³/mol. The molecule has 8 nitrogen and oxygen atoms in total. The van der Waals surface area contributed by atoms with Gasteiger partial charge in [-0.1, -0.05) is 24.7 Å². The maximum absolute atomic E-state index is 13.6. The Morgan fingerprint density at radius 1 is 0.973 bits per heavy atom. The average molecular weight is 569 g/mol. The van der Waals surface area contributed by atoms with Crippen molar-refractivity contribution in [2.75, 3.05) is 52.3 Å². The highest BCUT2D eigenvalue weighted by atomic mass is 35.5. The molecular formula is C26H37ClN4O4S2. The van der Waals surface area contributed by atoms with Crippen molar-refractivity contribution in [2.45, 2.75) is 38.0 Å². The monoisotopic (exact) mass is 568 g/mol. The van der Waals surface area contributed by atoms with Crippen molar-refractivity contribution in [3.63, 3.8) is 0 Å². The van der Waals surface area contributed by atoms with Crippen LogP contribution in [0.3, 0.4) is 0 Å². The maximum atomic E-state index is 13.6. The van der Waals surface area contributed by atoms with Crippen molar-refractivity contribution in [1.29, 1.82) is 0 Å². The summed E-state index contributed by atoms with van der Waals surface area (Å²) >= 11 is 1.44. The Morgan fingerprint density at radius 2 is 1.68 bits per heavy atom. The largest absolute Gasteiger partial charge is 0.494 e. The molecule has 3 rings (SSSR count). The standard InChI is InChI=1S/C26H36N4O4S2.ClH/c1-6-8-17-29(5)36(32,33)22-13-10-20(11-14-22)25(31)30(18-9-16-28(3)4)26-27-23-15-12-21(34-7-2)19-24(23)35-26;/h10-15,19H,6-9,16-18H2,1-5H3;1H. The first-order valence-electron chi connectivity index (χ1n) is 12.2. The van der Waals surface area contributed by atoms with Crippen LogP contribution >= 0.6 is 23.7 Å². The lowest BCUT2D eigenvalue weighted by atomic mass is 10.2. The van der Waals surface area contributed by atoms with Gasteiger partial charge >= 0.3 is 0 Å². The number of carbonyl (C=O) groups is 1. The van der Waals surface area contributed by atoms with Crippen LogP contribution in [-0.4, -0.2) is 75.9 Å². The molecule has 0 saturated heterocycles. The van der Waals surface area contributed by atoms with Gasteiger partial charge in [-0.15, -0.1) is 12.4 Å². The molecule has 0 radical (unpaired) electrons. The Kier molecular flexibility index (Phi) is 11.8. The molecule has 2 aromatic carbocycles. The van der Waals surface area contributed by atoms with E-state index in [1.807, 2.05) is 46.1 Å². The fraction of sp³-hybridized carbons (Fsp3) is 0.462. The van der Waals surface area contributed by atoms with E-state index >= 15 is 0 Å². The van der Waals surface area contributed by atoms with E-state index < -0.39 is 10.0 Å². The zero-order valence-electron chi connectivity index (χ0n) is 22.1. The van der Waals surface area contributed by atoms with Crippen molar-refractivity contribution in [3.05, 3.63) is 48.0 Å². The van der Waals surface area contributed by atoms with Gasteiger partial charge in [0.2, 0.25) is 10.0 Å². The summed E-state index contributed by atoms with van der Waals surface area (Å²) in [7, 11) is 1.98. The van der Waals surface area contributed by atoms with Gasteiger partial charge in [-0.25, -0.2) is 17.7 Å². The molecule has 0 fully saturated rings. The summed E-state index contributed by atoms with van der Waals surface area (Å²) in [6.07, 6.45) is 2.48. The van der Waals surface area contributed by atoms with Gasteiger partial charge in [-0.05, 0) is 82.9 Å². The summed E-state index contributed by atoms with van der Waals surface area (Å²) in [5.74, 6) is 0.563. The molecule has 37 heavy (non-hydrogen) atoms. The maximum Gasteiger partial charge on any atom is 0.260 e. The molecule has 0 bridgehead atoms. The van der Waals surface area contributed by atoms with Crippen molar-refractivity contribution < 1.29 is 17.9 Å². The van der Waals surface area contributed by atoms with E-state index in [4.69, 9.17) is 9.72 Å². The Morgan fingerprint density at radius 3 is 2.30 bits per heavy atom. The Bertz CT molecular complexity index is 1260. The molecule has 0 aliphatic heterocycles. The number of halogens is 1. The Balaban J connectivity index is 0.00000481. The summed E-state index contributed by atoms with van der Waals surface area (Å²) in [4.78, 5) is 22.3. The first-order chi connectivity index (χ1) is 17.2. The van der Waals surface area contributed by atoms with Gasteiger partial charge in [-0.3, -0.25) is 9.69 Å². The molecule has 0 aliphatic carbocycles. The minimum atomic E-state index is -3.60. The number of nitrogens with zero attached hydrogens (tertiary/aromatic N) is 4. The minimum absolute atomic E-state index is 0. The van der Waals surface area contributed by atoms with Gasteiger partial charge in [0, 0.05) is 25.7 Å². The molecule has 0 unspecified atom stereocenters. The van der Waals surface area contributed by atoms with Crippen LogP contribution in [-0.2, 0) is 10.0 Å². The third-order valence-corrected chi connectivity index (χ3v) is 8.67. The van der Waals surface area contributed by atoms with E-state index in [-0.39, 0.29) is 23.2 Å². The Hall–Kier alpha value is -2.24. The van der Waals surface area contributed by atoms with Gasteiger partial charge in [-0.2, -0.15) is 0 Å². The zero-order chi connectivity index (χ0) is 26.3. The molecule has 1 heterocycles. The molecule has 0 aliphatic rings. The molecular weight excluding hydrogens is 532 g/mol. The van der Waals surface area contributed by atoms with E-state index in [0.717, 1.165) is 41.8 Å². The first kappa shape index (κ1) is 31.0. The number of aromatic nitrogens is 1. The van der Waals surface area contributed by atoms with Crippen LogP contribution in [0.4, 0.5) is 5.13 Å². The number of hydrogen-bond acceptors (Lipinski definition) is 7. The lowest BCUT2D eigenvalue weighted by Crippen LogP contribution is -2.33. The van der Waals surface area contributed by atoms with Gasteiger partial charge in [0.25, 0.3) is 5.91 Å². The summed E-state index contributed by atoms with van der Waals surface area (Å²) < 4.78 is 33.6. The fourth-order valence-corrected chi connectivity index (χ4v) is 5.93. The second kappa shape index (κ2) is 14.1. The number of carbonyl (C=O) groups excluding carboxylic acids is 1. The van der Waals surface area contributed by atoms with E-state index in [0.29, 0.717) is 30.4 Å². The van der Waals surface area contributed by atoms with E-state index in [9.17, 15) is 13.2 Å². The fourth-order valence-electron chi connectivity index (χ4n) is 3.70. The molecule has 204 valence electrons. The normalized spacial score (nSPS) is 11.6. The number of hydrogen-bond donors (Lipinski definition) is 0. The molecule has 0 saturated carbocycles. The summed E-state index contributed by atoms with van der Waals surface area (Å²) in [6.45, 7) is 6.31. The second-order valence-corrected chi connectivity index (χ2v) is 11.9. The SMILES string of the molecule is CCCCN(C)S(=O)(=O)c1ccc(C(=O)N(CCCN(C)C)c2nc3ccc(OCC)cc3s2)cc1.Cl. The smallest absolute Gasteiger partial charge is 0.260 e. The summed E-state index contributed by atoms with van der Waals surface area (Å²) in [6, 6.07) is 11.9. The lowest BCUT2D eigenvalue weighted by Gasteiger charge is -2.21. The van der Waals surface area contributed by atoms with Crippen molar-refractivity contribution in [2.24, 2.45) is 0 Å². The number of sulfonamides is 1. The van der Waals surface area contributed by atoms with Crippen molar-refractivity contribution >= 4 is 55.0 Å². The molecule has 0 N–H and O–H groups in total. The van der Waals surface area contributed by atoms with Crippen LogP contribution in [0, 0.1) is 0 Å². The number of rotatable bonds is 13. The number of anilines is 1. The molecule has 3 aromatic rings. The number of ether oxygens (including phenoxy) is 1. The van der Waals surface area contributed by atoms with Crippen molar-refractivity contribution in [1.82, 2.24) is 14.2 Å². The third-order valence-electron chi connectivity index (χ3n) is 5.76. The molecule has 1 aromatic heterocycles. The average Bonchev–Trinajstić information content (AvgIpc) is 3.28. The van der Waals surface area contributed by atoms with Crippen LogP contribution in [0.25, 0.3) is 10.2 Å². The van der Waals surface area contributed by atoms with Gasteiger partial charge in [0.15, 0.2) is 5.13 Å². The number of amides is 1. The van der Waals surface area contributed by atoms with Crippen LogP contribution in [0.5, 0.6) is 5.75 Å². The van der Waals surface area contributed by atoms with Crippen LogP contribution < -0.4 is 9.64 Å². The van der Waals surface area contributed by atoms with Crippen LogP contribution in [0.1, 0.15) is 43.5 Å². The van der Waals surface area contributed by atoms with Crippen LogP contribution in [0.15, 0.2) is 47.4 Å². The summed E-state index contributed by atoms with van der Waals surface area (Å²) in [5, 5.41) is 0.610. The van der Waals surface area contributed by atoms with Crippen LogP contribution in [0.2, 0.25) is 0 Å². The van der Waals surface area contributed by atoms with Gasteiger partial charge in [0.1, 0.15) is 5.75 Å². The highest BCUT2D eigenvalue weighted by molar-refractivity contribution is 7.89. The lowest BCUT2D eigenvalue weighted by molar-refractivity contribution is 0.0986. The summed E-state index contributed by atoms with van der Waals surface area (Å²) in [5.41, 5.74) is 1.23. The highest BCUT2D eigenvalue weighted by Gasteiger charge is 2.24. The number of thiazole rings is 1. The second-order valence-electron chi connectivity index (χ2n) is 8.88. The number of benzene rings is 2. The minimum Gasteiger partial charge on any atom is -0.494 e. The van der Waals surface area contributed by atoms with E-state index in [2.05, 4.69) is 4.90 Å². The highest BCUT2D eigenvalue weighted by Crippen LogP contribution is 2.32. The molecule has 1 amide bonds. The third kappa shape index (κ3) is 7.87. The Labute approximate surface area is 230 Å². The number of unbranched alkanes of at least 4 members (excludes halogenated alkanes) is 1. The quantitative estimate of drug-likeness (QED) is 0.284. The molecule has 11 heteroatoms. The zero-order valence-corrected chi connectivity index (χ0v) is 24.6. The predicted octanol–water partition coefficient (Wildman–Crippen LogP) is 5.14. The van der Waals surface area contributed by atoms with Gasteiger partial charge in [0.05, 0.1) is 21.7 Å². The molecule has 0 atom stereocenters. The van der Waals surface area contributed by atoms with Crippen molar-refractivity contribution in [3.8, 4) is 5.75 Å². The molecule has 0 spiro atoms. The topological polar surface area (TPSA) is 83.1 Å². The van der Waals surface area contributed by atoms with E-state index in [1.165, 1.54) is 27.8 Å². The number of fused-ring (bicyclic) bond motifs is 1.